The summed E-state index contributed by atoms with van der Waals surface area (Å²) in [6.45, 7) is 8.09. The summed E-state index contributed by atoms with van der Waals surface area (Å²) in [5, 5.41) is 9.57. The quantitative estimate of drug-likeness (QED) is 0.628. The van der Waals surface area contributed by atoms with Crippen molar-refractivity contribution in [1.29, 1.82) is 0 Å². The lowest BCUT2D eigenvalue weighted by Gasteiger charge is -2.17. The van der Waals surface area contributed by atoms with Crippen molar-refractivity contribution in [3.05, 3.63) is 0 Å². The van der Waals surface area contributed by atoms with E-state index in [-0.39, 0.29) is 30.6 Å². The highest BCUT2D eigenvalue weighted by atomic mass is 16.6. The maximum absolute atomic E-state index is 11.5. The molecule has 1 N–H and O–H groups in total. The average Bonchev–Trinajstić information content (AvgIpc) is 2.39. The molecule has 0 radical (unpaired) electrons. The van der Waals surface area contributed by atoms with Crippen LogP contribution >= 0.6 is 0 Å². The number of carbonyl (C=O) groups excluding carboxylic acids is 2. The minimum Gasteiger partial charge on any atom is -0.463 e. The monoisotopic (exact) mass is 302 g/mol. The maximum Gasteiger partial charge on any atom is 0.305 e. The average molecular weight is 302 g/mol. The molecule has 0 spiro atoms. The van der Waals surface area contributed by atoms with Crippen LogP contribution in [0.25, 0.3) is 0 Å². The highest BCUT2D eigenvalue weighted by Gasteiger charge is 2.14. The van der Waals surface area contributed by atoms with Crippen molar-refractivity contribution in [2.45, 2.75) is 72.3 Å². The van der Waals surface area contributed by atoms with Gasteiger partial charge in [0.15, 0.2) is 0 Å². The molecule has 0 saturated carbocycles. The second-order valence-corrected chi connectivity index (χ2v) is 6.54. The minimum atomic E-state index is -0.956. The molecule has 1 atom stereocenters. The van der Waals surface area contributed by atoms with Crippen molar-refractivity contribution >= 4 is 11.9 Å². The molecule has 0 aliphatic carbocycles. The Bertz CT molecular complexity index is 306. The van der Waals surface area contributed by atoms with Crippen molar-refractivity contribution in [2.75, 3.05) is 13.2 Å². The third kappa shape index (κ3) is 13.6. The first-order chi connectivity index (χ1) is 9.74. The first-order valence-electron chi connectivity index (χ1n) is 7.74. The largest absolute Gasteiger partial charge is 0.463 e. The van der Waals surface area contributed by atoms with Gasteiger partial charge in [0.25, 0.3) is 0 Å². The molecule has 0 aromatic carbocycles. The normalized spacial score (nSPS) is 12.8. The predicted molar refractivity (Wildman–Crippen MR) is 80.8 cm³/mol. The van der Waals surface area contributed by atoms with Gasteiger partial charge in [-0.25, -0.2) is 0 Å². The lowest BCUT2D eigenvalue weighted by Crippen LogP contribution is -2.25. The summed E-state index contributed by atoms with van der Waals surface area (Å²) < 4.78 is 9.84. The number of hydrogen-bond donors (Lipinski definition) is 1. The highest BCUT2D eigenvalue weighted by Crippen LogP contribution is 2.21. The van der Waals surface area contributed by atoms with E-state index in [0.29, 0.717) is 12.8 Å². The van der Waals surface area contributed by atoms with Crippen molar-refractivity contribution in [3.63, 3.8) is 0 Å². The van der Waals surface area contributed by atoms with E-state index in [1.54, 1.807) is 0 Å². The molecule has 0 heterocycles. The van der Waals surface area contributed by atoms with Crippen LogP contribution in [0.5, 0.6) is 0 Å². The van der Waals surface area contributed by atoms with Crippen molar-refractivity contribution in [1.82, 2.24) is 0 Å². The maximum atomic E-state index is 11.5. The van der Waals surface area contributed by atoms with E-state index in [0.717, 1.165) is 25.7 Å². The number of aliphatic hydroxyl groups excluding tert-OH is 1. The van der Waals surface area contributed by atoms with Gasteiger partial charge in [0.2, 0.25) is 0 Å². The summed E-state index contributed by atoms with van der Waals surface area (Å²) >= 11 is 0. The lowest BCUT2D eigenvalue weighted by molar-refractivity contribution is -0.152. The fourth-order valence-corrected chi connectivity index (χ4v) is 1.65. The summed E-state index contributed by atoms with van der Waals surface area (Å²) in [7, 11) is 0. The Hall–Kier alpha value is -1.10. The molecule has 0 aliphatic heterocycles. The fraction of sp³-hybridized carbons (Fsp3) is 0.875. The van der Waals surface area contributed by atoms with E-state index in [9.17, 15) is 14.7 Å². The molecule has 0 saturated heterocycles. The topological polar surface area (TPSA) is 72.8 Å². The van der Waals surface area contributed by atoms with Crippen molar-refractivity contribution < 1.29 is 24.2 Å². The Morgan fingerprint density at radius 1 is 1.00 bits per heavy atom. The number of esters is 2. The Morgan fingerprint density at radius 2 is 1.48 bits per heavy atom. The van der Waals surface area contributed by atoms with Gasteiger partial charge in [0, 0.05) is 12.8 Å². The van der Waals surface area contributed by atoms with E-state index in [1.165, 1.54) is 0 Å². The van der Waals surface area contributed by atoms with E-state index in [4.69, 9.17) is 9.47 Å². The lowest BCUT2D eigenvalue weighted by atomic mass is 9.90. The van der Waals surface area contributed by atoms with Crippen LogP contribution in [0.1, 0.15) is 66.2 Å². The van der Waals surface area contributed by atoms with Crippen LogP contribution in [0.2, 0.25) is 0 Å². The first kappa shape index (κ1) is 19.9. The summed E-state index contributed by atoms with van der Waals surface area (Å²) in [6.07, 6.45) is 3.16. The highest BCUT2D eigenvalue weighted by molar-refractivity contribution is 5.69. The summed E-state index contributed by atoms with van der Waals surface area (Å²) in [5.74, 6) is -0.650. The van der Waals surface area contributed by atoms with E-state index >= 15 is 0 Å². The van der Waals surface area contributed by atoms with E-state index in [2.05, 4.69) is 20.8 Å². The Kier molecular flexibility index (Phi) is 10.0. The summed E-state index contributed by atoms with van der Waals surface area (Å²) in [6, 6.07) is 0. The van der Waals surface area contributed by atoms with Gasteiger partial charge in [-0.1, -0.05) is 34.1 Å². The number of carbonyl (C=O) groups is 2. The third-order valence-corrected chi connectivity index (χ3v) is 2.92. The van der Waals surface area contributed by atoms with Gasteiger partial charge in [-0.15, -0.1) is 0 Å². The van der Waals surface area contributed by atoms with Gasteiger partial charge in [-0.05, 0) is 24.7 Å². The van der Waals surface area contributed by atoms with E-state index in [1.807, 2.05) is 6.92 Å². The van der Waals surface area contributed by atoms with Gasteiger partial charge >= 0.3 is 11.9 Å². The third-order valence-electron chi connectivity index (χ3n) is 2.92. The van der Waals surface area contributed by atoms with Crippen LogP contribution in [0.3, 0.4) is 0 Å². The Morgan fingerprint density at radius 3 is 1.90 bits per heavy atom. The number of rotatable bonds is 10. The van der Waals surface area contributed by atoms with Crippen LogP contribution in [0.4, 0.5) is 0 Å². The van der Waals surface area contributed by atoms with Crippen LogP contribution in [-0.2, 0) is 19.1 Å². The molecule has 1 unspecified atom stereocenters. The molecule has 0 aromatic heterocycles. The molecule has 124 valence electrons. The zero-order valence-electron chi connectivity index (χ0n) is 13.8. The smallest absolute Gasteiger partial charge is 0.305 e. The van der Waals surface area contributed by atoms with Crippen LogP contribution in [0, 0.1) is 5.41 Å². The molecule has 5 heteroatoms. The summed E-state index contributed by atoms with van der Waals surface area (Å²) in [5.41, 5.74) is 0.201. The van der Waals surface area contributed by atoms with Gasteiger partial charge < -0.3 is 14.6 Å². The molecule has 0 aromatic rings. The number of unbranched alkanes of at least 4 members (excludes halogenated alkanes) is 1. The standard InChI is InChI=1S/C16H30O5/c1-5-6-8-14(18)20-11-13(17)12-21-15(19)9-7-10-16(2,3)4/h13,17H,5-12H2,1-4H3. The second-order valence-electron chi connectivity index (χ2n) is 6.54. The van der Waals surface area contributed by atoms with Gasteiger partial charge in [0.1, 0.15) is 19.3 Å². The van der Waals surface area contributed by atoms with Crippen LogP contribution < -0.4 is 0 Å². The predicted octanol–water partition coefficient (Wildman–Crippen LogP) is 2.84. The van der Waals surface area contributed by atoms with Gasteiger partial charge in [-0.2, -0.15) is 0 Å². The van der Waals surface area contributed by atoms with Crippen LogP contribution in [0.15, 0.2) is 0 Å². The van der Waals surface area contributed by atoms with Gasteiger partial charge in [0.05, 0.1) is 0 Å². The number of hydrogen-bond acceptors (Lipinski definition) is 5. The number of ether oxygens (including phenoxy) is 2. The second kappa shape index (κ2) is 10.6. The SMILES string of the molecule is CCCCC(=O)OCC(O)COC(=O)CCCC(C)(C)C. The molecule has 0 amide bonds. The Balaban J connectivity index is 3.65. The molecule has 0 bridgehead atoms. The zero-order chi connectivity index (χ0) is 16.3. The number of aliphatic hydroxyl groups is 1. The molecule has 21 heavy (non-hydrogen) atoms. The molecular formula is C16H30O5. The van der Waals surface area contributed by atoms with Gasteiger partial charge in [-0.3, -0.25) is 9.59 Å². The van der Waals surface area contributed by atoms with Crippen LogP contribution in [-0.4, -0.2) is 36.4 Å². The molecule has 0 rings (SSSR count). The molecular weight excluding hydrogens is 272 g/mol. The van der Waals surface area contributed by atoms with Crippen molar-refractivity contribution in [2.24, 2.45) is 5.41 Å². The minimum absolute atomic E-state index is 0.127. The fourth-order valence-electron chi connectivity index (χ4n) is 1.65. The molecule has 0 aliphatic rings. The Labute approximate surface area is 128 Å². The summed E-state index contributed by atoms with van der Waals surface area (Å²) in [4.78, 5) is 22.7. The molecule has 5 nitrogen and oxygen atoms in total. The molecule has 0 fully saturated rings. The zero-order valence-corrected chi connectivity index (χ0v) is 13.8. The first-order valence-corrected chi connectivity index (χ1v) is 7.74. The van der Waals surface area contributed by atoms with Crippen molar-refractivity contribution in [3.8, 4) is 0 Å². The van der Waals surface area contributed by atoms with E-state index < -0.39 is 6.10 Å².